The Morgan fingerprint density at radius 3 is 1.92 bits per heavy atom. The first-order chi connectivity index (χ1) is 11.6. The molecule has 5 heteroatoms. The van der Waals surface area contributed by atoms with E-state index in [1.807, 2.05) is 6.07 Å². The van der Waals surface area contributed by atoms with Crippen LogP contribution in [-0.2, 0) is 10.1 Å². The third-order valence-electron chi connectivity index (χ3n) is 3.53. The summed E-state index contributed by atoms with van der Waals surface area (Å²) < 4.78 is 31.3. The van der Waals surface area contributed by atoms with E-state index in [9.17, 15) is 8.42 Å². The summed E-state index contributed by atoms with van der Waals surface area (Å²) in [5.41, 5.74) is 1.09. The van der Waals surface area contributed by atoms with E-state index in [2.05, 4.69) is 0 Å². The molecule has 3 aromatic carbocycles. The van der Waals surface area contributed by atoms with Crippen LogP contribution in [0.1, 0.15) is 16.4 Å². The van der Waals surface area contributed by atoms with E-state index >= 15 is 0 Å². The van der Waals surface area contributed by atoms with Gasteiger partial charge in [-0.05, 0) is 29.3 Å². The lowest BCUT2D eigenvalue weighted by Gasteiger charge is -2.19. The van der Waals surface area contributed by atoms with Gasteiger partial charge in [0.25, 0.3) is 0 Å². The molecule has 3 nitrogen and oxygen atoms in total. The number of hydrogen-bond acceptors (Lipinski definition) is 3. The van der Waals surface area contributed by atoms with Gasteiger partial charge >= 0.3 is 10.1 Å². The Bertz CT molecular complexity index is 910. The van der Waals surface area contributed by atoms with Crippen molar-refractivity contribution in [3.63, 3.8) is 0 Å². The lowest BCUT2D eigenvalue weighted by Crippen LogP contribution is -2.20. The van der Waals surface area contributed by atoms with Crippen molar-refractivity contribution >= 4 is 21.7 Å². The molecule has 3 aromatic rings. The minimum atomic E-state index is -3.99. The second-order valence-electron chi connectivity index (χ2n) is 5.20. The molecular formula is C19H15ClO3S. The lowest BCUT2D eigenvalue weighted by atomic mass is 10.0. The van der Waals surface area contributed by atoms with Gasteiger partial charge in [0.05, 0.1) is 0 Å². The van der Waals surface area contributed by atoms with Crippen LogP contribution in [-0.4, -0.2) is 8.42 Å². The third kappa shape index (κ3) is 3.61. The zero-order valence-corrected chi connectivity index (χ0v) is 14.2. The quantitative estimate of drug-likeness (QED) is 0.613. The van der Waals surface area contributed by atoms with Gasteiger partial charge in [-0.1, -0.05) is 78.3 Å². The average molecular weight is 359 g/mol. The van der Waals surface area contributed by atoms with Gasteiger partial charge in [-0.15, -0.1) is 0 Å². The second-order valence-corrected chi connectivity index (χ2v) is 7.23. The Labute approximate surface area is 146 Å². The molecule has 122 valence electrons. The minimum absolute atomic E-state index is 0.269. The smallest absolute Gasteiger partial charge is 0.320 e. The molecule has 0 heterocycles. The molecule has 0 aliphatic heterocycles. The van der Waals surface area contributed by atoms with E-state index in [0.29, 0.717) is 16.1 Å². The summed E-state index contributed by atoms with van der Waals surface area (Å²) in [6.45, 7) is 0. The largest absolute Gasteiger partial charge is 0.382 e. The van der Waals surface area contributed by atoms with Crippen molar-refractivity contribution in [2.45, 2.75) is 5.25 Å². The lowest BCUT2D eigenvalue weighted by molar-refractivity contribution is 0.478. The fourth-order valence-corrected chi connectivity index (χ4v) is 4.27. The molecule has 0 aliphatic rings. The zero-order valence-electron chi connectivity index (χ0n) is 12.7. The van der Waals surface area contributed by atoms with Crippen molar-refractivity contribution in [3.05, 3.63) is 101 Å². The maximum Gasteiger partial charge on any atom is 0.320 e. The van der Waals surface area contributed by atoms with E-state index in [1.54, 1.807) is 78.9 Å². The number of hydrogen-bond donors (Lipinski definition) is 0. The first-order valence-electron chi connectivity index (χ1n) is 7.35. The molecule has 0 saturated heterocycles. The SMILES string of the molecule is O=S(=O)(Oc1ccccc1)C(c1ccccc1)c1ccccc1Cl. The molecule has 0 aromatic heterocycles. The highest BCUT2D eigenvalue weighted by molar-refractivity contribution is 7.87. The van der Waals surface area contributed by atoms with E-state index < -0.39 is 15.4 Å². The van der Waals surface area contributed by atoms with Gasteiger partial charge < -0.3 is 4.18 Å². The molecular weight excluding hydrogens is 344 g/mol. The van der Waals surface area contributed by atoms with Gasteiger partial charge in [-0.2, -0.15) is 8.42 Å². The number of para-hydroxylation sites is 1. The Balaban J connectivity index is 2.10. The summed E-state index contributed by atoms with van der Waals surface area (Å²) in [6.07, 6.45) is 0. The van der Waals surface area contributed by atoms with Crippen molar-refractivity contribution in [2.75, 3.05) is 0 Å². The molecule has 0 radical (unpaired) electrons. The first kappa shape index (κ1) is 16.6. The number of benzene rings is 3. The standard InChI is InChI=1S/C19H15ClO3S/c20-18-14-8-7-13-17(18)19(15-9-3-1-4-10-15)24(21,22)23-16-11-5-2-6-12-16/h1-14,19H. The van der Waals surface area contributed by atoms with Crippen LogP contribution < -0.4 is 4.18 Å². The van der Waals surface area contributed by atoms with Gasteiger partial charge in [0.2, 0.25) is 0 Å². The summed E-state index contributed by atoms with van der Waals surface area (Å²) in [5.74, 6) is 0.269. The monoisotopic (exact) mass is 358 g/mol. The predicted molar refractivity (Wildman–Crippen MR) is 95.7 cm³/mol. The maximum atomic E-state index is 13.0. The molecule has 0 spiro atoms. The van der Waals surface area contributed by atoms with Crippen LogP contribution >= 0.6 is 11.6 Å². The molecule has 0 aliphatic carbocycles. The summed E-state index contributed by atoms with van der Waals surface area (Å²) in [7, 11) is -3.99. The Morgan fingerprint density at radius 1 is 0.750 bits per heavy atom. The Morgan fingerprint density at radius 2 is 1.29 bits per heavy atom. The van der Waals surface area contributed by atoms with Gasteiger partial charge in [-0.3, -0.25) is 0 Å². The molecule has 0 bridgehead atoms. The van der Waals surface area contributed by atoms with Crippen molar-refractivity contribution in [3.8, 4) is 5.75 Å². The summed E-state index contributed by atoms with van der Waals surface area (Å²) in [5, 5.41) is -0.626. The van der Waals surface area contributed by atoms with Gasteiger partial charge in [0.15, 0.2) is 0 Å². The number of halogens is 1. The highest BCUT2D eigenvalue weighted by Gasteiger charge is 2.32. The Hall–Kier alpha value is -2.30. The summed E-state index contributed by atoms with van der Waals surface area (Å²) in [6, 6.07) is 24.2. The van der Waals surface area contributed by atoms with Crippen LogP contribution in [0.15, 0.2) is 84.9 Å². The molecule has 0 amide bonds. The molecule has 1 atom stereocenters. The highest BCUT2D eigenvalue weighted by atomic mass is 35.5. The van der Waals surface area contributed by atoms with Crippen molar-refractivity contribution < 1.29 is 12.6 Å². The van der Waals surface area contributed by atoms with E-state index in [-0.39, 0.29) is 5.75 Å². The van der Waals surface area contributed by atoms with Crippen LogP contribution in [0.3, 0.4) is 0 Å². The molecule has 1 unspecified atom stereocenters. The molecule has 0 saturated carbocycles. The van der Waals surface area contributed by atoms with Gasteiger partial charge in [0, 0.05) is 5.02 Å². The van der Waals surface area contributed by atoms with E-state index in [1.165, 1.54) is 0 Å². The van der Waals surface area contributed by atoms with Crippen molar-refractivity contribution in [2.24, 2.45) is 0 Å². The van der Waals surface area contributed by atoms with Crippen molar-refractivity contribution in [1.29, 1.82) is 0 Å². The maximum absolute atomic E-state index is 13.0. The predicted octanol–water partition coefficient (Wildman–Crippen LogP) is 4.84. The van der Waals surface area contributed by atoms with Crippen LogP contribution in [0, 0.1) is 0 Å². The molecule has 0 N–H and O–H groups in total. The Kier molecular flexibility index (Phi) is 4.88. The van der Waals surface area contributed by atoms with E-state index in [4.69, 9.17) is 15.8 Å². The average Bonchev–Trinajstić information content (AvgIpc) is 2.58. The first-order valence-corrected chi connectivity index (χ1v) is 9.20. The molecule has 24 heavy (non-hydrogen) atoms. The minimum Gasteiger partial charge on any atom is -0.382 e. The third-order valence-corrected chi connectivity index (χ3v) is 5.41. The van der Waals surface area contributed by atoms with Crippen LogP contribution in [0.5, 0.6) is 5.75 Å². The van der Waals surface area contributed by atoms with Crippen LogP contribution in [0.25, 0.3) is 0 Å². The van der Waals surface area contributed by atoms with Crippen LogP contribution in [0.4, 0.5) is 0 Å². The molecule has 0 fully saturated rings. The molecule has 3 rings (SSSR count). The zero-order chi connectivity index (χ0) is 17.0. The fourth-order valence-electron chi connectivity index (χ4n) is 2.48. The van der Waals surface area contributed by atoms with E-state index in [0.717, 1.165) is 0 Å². The fraction of sp³-hybridized carbons (Fsp3) is 0.0526. The number of rotatable bonds is 5. The summed E-state index contributed by atoms with van der Waals surface area (Å²) in [4.78, 5) is 0. The van der Waals surface area contributed by atoms with Gasteiger partial charge in [-0.25, -0.2) is 0 Å². The normalized spacial score (nSPS) is 12.5. The van der Waals surface area contributed by atoms with Gasteiger partial charge in [0.1, 0.15) is 11.0 Å². The second kappa shape index (κ2) is 7.07. The highest BCUT2D eigenvalue weighted by Crippen LogP contribution is 2.35. The summed E-state index contributed by atoms with van der Waals surface area (Å²) >= 11 is 6.26. The van der Waals surface area contributed by atoms with Crippen LogP contribution in [0.2, 0.25) is 5.02 Å². The topological polar surface area (TPSA) is 43.4 Å². The van der Waals surface area contributed by atoms with Crippen molar-refractivity contribution in [1.82, 2.24) is 0 Å².